The fourth-order valence-electron chi connectivity index (χ4n) is 1.84. The van der Waals surface area contributed by atoms with Gasteiger partial charge in [-0.1, -0.05) is 13.8 Å². The van der Waals surface area contributed by atoms with Crippen LogP contribution < -0.4 is 14.8 Å². The molecule has 0 radical (unpaired) electrons. The number of hydrogen-bond donors (Lipinski definition) is 1. The van der Waals surface area contributed by atoms with Crippen LogP contribution in [0.4, 0.5) is 0 Å². The minimum absolute atomic E-state index is 0.174. The van der Waals surface area contributed by atoms with Gasteiger partial charge >= 0.3 is 0 Å². The van der Waals surface area contributed by atoms with Gasteiger partial charge in [0.2, 0.25) is 0 Å². The molecule has 0 aliphatic carbocycles. The Balaban J connectivity index is 2.63. The lowest BCUT2D eigenvalue weighted by Crippen LogP contribution is -2.29. The third-order valence-corrected chi connectivity index (χ3v) is 3.22. The predicted octanol–water partition coefficient (Wildman–Crippen LogP) is 2.84. The van der Waals surface area contributed by atoms with Gasteiger partial charge in [0.05, 0.1) is 19.9 Å². The Bertz CT molecular complexity index is 397. The van der Waals surface area contributed by atoms with Gasteiger partial charge in [0, 0.05) is 31.2 Å². The molecule has 1 N–H and O–H groups in total. The zero-order valence-corrected chi connectivity index (χ0v) is 12.9. The number of pyridine rings is 1. The molecule has 1 heterocycles. The summed E-state index contributed by atoms with van der Waals surface area (Å²) in [4.78, 5) is 4.33. The van der Waals surface area contributed by atoms with Crippen molar-refractivity contribution in [3.05, 3.63) is 18.0 Å². The van der Waals surface area contributed by atoms with Gasteiger partial charge in [-0.05, 0) is 11.8 Å². The van der Waals surface area contributed by atoms with Gasteiger partial charge in [-0.2, -0.15) is 0 Å². The minimum atomic E-state index is 0.174. The molecule has 1 aromatic heterocycles. The van der Waals surface area contributed by atoms with Crippen molar-refractivity contribution in [3.8, 4) is 11.5 Å². The van der Waals surface area contributed by atoms with Crippen LogP contribution >= 0.6 is 11.6 Å². The molecule has 0 spiro atoms. The molecule has 0 bridgehead atoms. The highest BCUT2D eigenvalue weighted by molar-refractivity contribution is 6.17. The number of rotatable bonds is 8. The largest absolute Gasteiger partial charge is 0.493 e. The average Bonchev–Trinajstić information content (AvgIpc) is 2.38. The van der Waals surface area contributed by atoms with Crippen molar-refractivity contribution in [1.29, 1.82) is 0 Å². The highest BCUT2D eigenvalue weighted by Crippen LogP contribution is 2.29. The first-order valence-electron chi connectivity index (χ1n) is 6.36. The number of alkyl halides is 1. The smallest absolute Gasteiger partial charge is 0.183 e. The SMILES string of the molecule is COc1ccnc(CNCC(C)(C)CCCl)c1OC. The summed E-state index contributed by atoms with van der Waals surface area (Å²) in [5, 5.41) is 3.40. The first-order chi connectivity index (χ1) is 9.04. The number of halogens is 1. The number of methoxy groups -OCH3 is 2. The molecule has 0 atom stereocenters. The number of aromatic nitrogens is 1. The molecule has 0 aliphatic rings. The van der Waals surface area contributed by atoms with E-state index in [1.165, 1.54) is 0 Å². The summed E-state index contributed by atoms with van der Waals surface area (Å²) >= 11 is 5.79. The number of nitrogens with zero attached hydrogens (tertiary/aromatic N) is 1. The maximum absolute atomic E-state index is 5.79. The molecular formula is C14H23ClN2O2. The van der Waals surface area contributed by atoms with Crippen molar-refractivity contribution in [2.75, 3.05) is 26.6 Å². The highest BCUT2D eigenvalue weighted by Gasteiger charge is 2.17. The first-order valence-corrected chi connectivity index (χ1v) is 6.90. The van der Waals surface area contributed by atoms with Gasteiger partial charge in [-0.3, -0.25) is 4.98 Å². The van der Waals surface area contributed by atoms with E-state index in [2.05, 4.69) is 24.1 Å². The van der Waals surface area contributed by atoms with Gasteiger partial charge in [0.1, 0.15) is 0 Å². The van der Waals surface area contributed by atoms with Gasteiger partial charge in [-0.15, -0.1) is 11.6 Å². The second-order valence-electron chi connectivity index (χ2n) is 5.20. The molecular weight excluding hydrogens is 264 g/mol. The summed E-state index contributed by atoms with van der Waals surface area (Å²) in [6.45, 7) is 5.91. The van der Waals surface area contributed by atoms with E-state index in [1.54, 1.807) is 26.5 Å². The van der Waals surface area contributed by atoms with E-state index in [-0.39, 0.29) is 5.41 Å². The van der Waals surface area contributed by atoms with Crippen molar-refractivity contribution in [3.63, 3.8) is 0 Å². The maximum Gasteiger partial charge on any atom is 0.183 e. The molecule has 0 unspecified atom stereocenters. The number of ether oxygens (including phenoxy) is 2. The quantitative estimate of drug-likeness (QED) is 0.746. The van der Waals surface area contributed by atoms with Crippen molar-refractivity contribution < 1.29 is 9.47 Å². The van der Waals surface area contributed by atoms with Crippen molar-refractivity contribution in [2.45, 2.75) is 26.8 Å². The van der Waals surface area contributed by atoms with Gasteiger partial charge in [0.25, 0.3) is 0 Å². The summed E-state index contributed by atoms with van der Waals surface area (Å²) in [7, 11) is 3.25. The molecule has 4 nitrogen and oxygen atoms in total. The number of nitrogens with one attached hydrogen (secondary N) is 1. The third kappa shape index (κ3) is 4.88. The summed E-state index contributed by atoms with van der Waals surface area (Å²) < 4.78 is 10.6. The molecule has 1 rings (SSSR count). The summed E-state index contributed by atoms with van der Waals surface area (Å²) in [5.41, 5.74) is 1.02. The summed E-state index contributed by atoms with van der Waals surface area (Å²) in [6.07, 6.45) is 2.70. The zero-order chi connectivity index (χ0) is 14.3. The third-order valence-electron chi connectivity index (χ3n) is 3.03. The standard InChI is InChI=1S/C14H23ClN2O2/c1-14(2,6-7-15)10-16-9-11-13(19-4)12(18-3)5-8-17-11/h5,8,16H,6-7,9-10H2,1-4H3. The number of hydrogen-bond acceptors (Lipinski definition) is 4. The van der Waals surface area contributed by atoms with E-state index in [9.17, 15) is 0 Å². The van der Waals surface area contributed by atoms with Crippen LogP contribution in [0.1, 0.15) is 26.0 Å². The Hall–Kier alpha value is -1.00. The minimum Gasteiger partial charge on any atom is -0.493 e. The van der Waals surface area contributed by atoms with Gasteiger partial charge in [0.15, 0.2) is 11.5 Å². The van der Waals surface area contributed by atoms with Crippen molar-refractivity contribution in [2.24, 2.45) is 5.41 Å². The molecule has 19 heavy (non-hydrogen) atoms. The molecule has 108 valence electrons. The first kappa shape index (κ1) is 16.1. The predicted molar refractivity (Wildman–Crippen MR) is 78.2 cm³/mol. The average molecular weight is 287 g/mol. The van der Waals surface area contributed by atoms with Crippen LogP contribution in [0.25, 0.3) is 0 Å². The lowest BCUT2D eigenvalue weighted by molar-refractivity contribution is 0.323. The van der Waals surface area contributed by atoms with Crippen LogP contribution in [0.3, 0.4) is 0 Å². The Morgan fingerprint density at radius 3 is 2.63 bits per heavy atom. The van der Waals surface area contributed by atoms with E-state index in [4.69, 9.17) is 21.1 Å². The van der Waals surface area contributed by atoms with Gasteiger partial charge < -0.3 is 14.8 Å². The van der Waals surface area contributed by atoms with E-state index >= 15 is 0 Å². The fourth-order valence-corrected chi connectivity index (χ4v) is 2.35. The monoisotopic (exact) mass is 286 g/mol. The van der Waals surface area contributed by atoms with E-state index in [1.807, 2.05) is 0 Å². The molecule has 0 amide bonds. The second kappa shape index (κ2) is 7.56. The molecule has 0 saturated heterocycles. The molecule has 0 aliphatic heterocycles. The van der Waals surface area contributed by atoms with Crippen molar-refractivity contribution in [1.82, 2.24) is 10.3 Å². The second-order valence-corrected chi connectivity index (χ2v) is 5.58. The van der Waals surface area contributed by atoms with Crippen molar-refractivity contribution >= 4 is 11.6 Å². The molecule has 0 saturated carbocycles. The molecule has 5 heteroatoms. The normalized spacial score (nSPS) is 11.4. The van der Waals surface area contributed by atoms with Crippen LogP contribution in [0.5, 0.6) is 11.5 Å². The van der Waals surface area contributed by atoms with E-state index in [0.29, 0.717) is 23.9 Å². The molecule has 0 aromatic carbocycles. The Kier molecular flexibility index (Phi) is 6.38. The van der Waals surface area contributed by atoms with Crippen LogP contribution in [0, 0.1) is 5.41 Å². The lowest BCUT2D eigenvalue weighted by atomic mass is 9.90. The Morgan fingerprint density at radius 2 is 2.05 bits per heavy atom. The highest BCUT2D eigenvalue weighted by atomic mass is 35.5. The summed E-state index contributed by atoms with van der Waals surface area (Å²) in [5.74, 6) is 2.07. The van der Waals surface area contributed by atoms with E-state index in [0.717, 1.165) is 18.7 Å². The van der Waals surface area contributed by atoms with Crippen LogP contribution in [0.15, 0.2) is 12.3 Å². The Labute approximate surface area is 120 Å². The van der Waals surface area contributed by atoms with Gasteiger partial charge in [-0.25, -0.2) is 0 Å². The van der Waals surface area contributed by atoms with Crippen LogP contribution in [-0.4, -0.2) is 31.6 Å². The molecule has 0 fully saturated rings. The van der Waals surface area contributed by atoms with E-state index < -0.39 is 0 Å². The topological polar surface area (TPSA) is 43.4 Å². The van der Waals surface area contributed by atoms with Crippen LogP contribution in [-0.2, 0) is 6.54 Å². The Morgan fingerprint density at radius 1 is 1.32 bits per heavy atom. The summed E-state index contributed by atoms with van der Waals surface area (Å²) in [6, 6.07) is 1.79. The van der Waals surface area contributed by atoms with Crippen LogP contribution in [0.2, 0.25) is 0 Å². The molecule has 1 aromatic rings. The fraction of sp³-hybridized carbons (Fsp3) is 0.643. The lowest BCUT2D eigenvalue weighted by Gasteiger charge is -2.24. The maximum atomic E-state index is 5.79. The zero-order valence-electron chi connectivity index (χ0n) is 12.1.